The van der Waals surface area contributed by atoms with E-state index in [9.17, 15) is 18.3 Å². The van der Waals surface area contributed by atoms with Gasteiger partial charge < -0.3 is 9.67 Å². The molecule has 5 nitrogen and oxygen atoms in total. The second kappa shape index (κ2) is 6.38. The second-order valence-corrected chi connectivity index (χ2v) is 6.96. The minimum Gasteiger partial charge on any atom is -0.508 e. The average molecular weight is 415 g/mol. The number of fused-ring (bicyclic) bond motifs is 1. The summed E-state index contributed by atoms with van der Waals surface area (Å²) in [6.45, 7) is 0.356. The first-order valence-electron chi connectivity index (χ1n) is 7.88. The van der Waals surface area contributed by atoms with Gasteiger partial charge in [-0.05, 0) is 24.3 Å². The lowest BCUT2D eigenvalue weighted by molar-refractivity contribution is -0.141. The normalized spacial score (nSPS) is 16.6. The zero-order chi connectivity index (χ0) is 19.3. The smallest absolute Gasteiger partial charge is 0.433 e. The van der Waals surface area contributed by atoms with Crippen LogP contribution in [0.2, 0.25) is 10.0 Å². The van der Waals surface area contributed by atoms with Crippen molar-refractivity contribution >= 4 is 23.2 Å². The lowest BCUT2D eigenvalue weighted by atomic mass is 9.96. The molecule has 0 unspecified atom stereocenters. The molecule has 0 saturated carbocycles. The number of alkyl halides is 3. The molecule has 10 heteroatoms. The maximum atomic E-state index is 12.9. The number of pyridine rings is 1. The molecular weight excluding hydrogens is 404 g/mol. The molecule has 1 aliphatic rings. The SMILES string of the molecule is Oc1ccc(Cl)c(Cl)c1[C@@H]1Cc2nnc(-c3ccnc(C(F)(F)F)c3)n2C1. The Labute approximate surface area is 161 Å². The molecule has 1 aromatic carbocycles. The Bertz CT molecular complexity index is 1040. The predicted molar refractivity (Wildman–Crippen MR) is 92.8 cm³/mol. The van der Waals surface area contributed by atoms with Crippen molar-refractivity contribution in [3.63, 3.8) is 0 Å². The van der Waals surface area contributed by atoms with E-state index in [-0.39, 0.29) is 22.3 Å². The molecule has 1 atom stereocenters. The highest BCUT2D eigenvalue weighted by Crippen LogP contribution is 2.42. The molecule has 0 bridgehead atoms. The molecule has 3 aromatic rings. The fourth-order valence-corrected chi connectivity index (χ4v) is 3.74. The highest BCUT2D eigenvalue weighted by Gasteiger charge is 2.34. The number of aromatic hydroxyl groups is 1. The van der Waals surface area contributed by atoms with Gasteiger partial charge in [0.25, 0.3) is 0 Å². The number of benzene rings is 1. The molecule has 0 radical (unpaired) electrons. The Hall–Kier alpha value is -2.32. The molecule has 0 saturated heterocycles. The monoisotopic (exact) mass is 414 g/mol. The largest absolute Gasteiger partial charge is 0.508 e. The summed E-state index contributed by atoms with van der Waals surface area (Å²) < 4.78 is 40.5. The number of aromatic nitrogens is 4. The molecule has 4 rings (SSSR count). The van der Waals surface area contributed by atoms with Gasteiger partial charge in [-0.15, -0.1) is 10.2 Å². The van der Waals surface area contributed by atoms with E-state index in [4.69, 9.17) is 23.2 Å². The quantitative estimate of drug-likeness (QED) is 0.659. The molecule has 1 aliphatic heterocycles. The van der Waals surface area contributed by atoms with Crippen molar-refractivity contribution < 1.29 is 18.3 Å². The van der Waals surface area contributed by atoms with Crippen LogP contribution in [0.5, 0.6) is 5.75 Å². The van der Waals surface area contributed by atoms with Crippen molar-refractivity contribution in [1.29, 1.82) is 0 Å². The summed E-state index contributed by atoms with van der Waals surface area (Å²) in [5.74, 6) is 0.691. The van der Waals surface area contributed by atoms with E-state index < -0.39 is 11.9 Å². The summed E-state index contributed by atoms with van der Waals surface area (Å²) in [6, 6.07) is 5.35. The minimum absolute atomic E-state index is 0.0120. The maximum absolute atomic E-state index is 12.9. The van der Waals surface area contributed by atoms with Gasteiger partial charge in [0, 0.05) is 36.2 Å². The number of nitrogens with zero attached hydrogens (tertiary/aromatic N) is 4. The molecule has 27 heavy (non-hydrogen) atoms. The molecule has 3 heterocycles. The number of halogens is 5. The Morgan fingerprint density at radius 2 is 1.93 bits per heavy atom. The molecule has 140 valence electrons. The van der Waals surface area contributed by atoms with Crippen LogP contribution in [0.4, 0.5) is 13.2 Å². The van der Waals surface area contributed by atoms with Crippen LogP contribution in [0.25, 0.3) is 11.4 Å². The van der Waals surface area contributed by atoms with E-state index in [1.54, 1.807) is 4.57 Å². The summed E-state index contributed by atoms with van der Waals surface area (Å²) >= 11 is 12.3. The zero-order valence-electron chi connectivity index (χ0n) is 13.5. The molecule has 2 aromatic heterocycles. The number of rotatable bonds is 2. The first-order valence-corrected chi connectivity index (χ1v) is 8.64. The maximum Gasteiger partial charge on any atom is 0.433 e. The van der Waals surface area contributed by atoms with E-state index >= 15 is 0 Å². The van der Waals surface area contributed by atoms with Crippen LogP contribution in [0.3, 0.4) is 0 Å². The van der Waals surface area contributed by atoms with Crippen molar-refractivity contribution in [1.82, 2.24) is 19.7 Å². The third-order valence-corrected chi connectivity index (χ3v) is 5.30. The van der Waals surface area contributed by atoms with E-state index in [1.807, 2.05) is 0 Å². The van der Waals surface area contributed by atoms with Crippen LogP contribution in [0.1, 0.15) is 23.0 Å². The van der Waals surface area contributed by atoms with Gasteiger partial charge in [0.05, 0.1) is 10.0 Å². The van der Waals surface area contributed by atoms with Crippen molar-refractivity contribution in [2.24, 2.45) is 0 Å². The highest BCUT2D eigenvalue weighted by molar-refractivity contribution is 6.42. The highest BCUT2D eigenvalue weighted by atomic mass is 35.5. The Kier molecular flexibility index (Phi) is 4.27. The minimum atomic E-state index is -4.55. The lowest BCUT2D eigenvalue weighted by Gasteiger charge is -2.15. The summed E-state index contributed by atoms with van der Waals surface area (Å²) in [4.78, 5) is 3.36. The van der Waals surface area contributed by atoms with Crippen LogP contribution in [0, 0.1) is 0 Å². The van der Waals surface area contributed by atoms with Gasteiger partial charge in [0.15, 0.2) is 5.82 Å². The van der Waals surface area contributed by atoms with Crippen LogP contribution in [-0.4, -0.2) is 24.9 Å². The standard InChI is InChI=1S/C17H11Cl2F3N4O/c18-10-1-2-11(27)14(15(10)19)9-6-13-24-25-16(26(13)7-9)8-3-4-23-12(5-8)17(20,21)22/h1-5,9,27H,6-7H2/t9-/m1/s1. The number of hydrogen-bond acceptors (Lipinski definition) is 4. The number of phenols is 1. The third kappa shape index (κ3) is 3.12. The lowest BCUT2D eigenvalue weighted by Crippen LogP contribution is -2.08. The van der Waals surface area contributed by atoms with E-state index in [1.165, 1.54) is 18.2 Å². The van der Waals surface area contributed by atoms with Gasteiger partial charge in [0.1, 0.15) is 17.3 Å². The van der Waals surface area contributed by atoms with Crippen molar-refractivity contribution in [3.8, 4) is 17.1 Å². The van der Waals surface area contributed by atoms with E-state index in [0.29, 0.717) is 35.2 Å². The van der Waals surface area contributed by atoms with Crippen molar-refractivity contribution in [3.05, 3.63) is 57.6 Å². The first-order chi connectivity index (χ1) is 12.8. The zero-order valence-corrected chi connectivity index (χ0v) is 15.0. The van der Waals surface area contributed by atoms with Crippen molar-refractivity contribution in [2.45, 2.75) is 25.1 Å². The van der Waals surface area contributed by atoms with Gasteiger partial charge in [-0.2, -0.15) is 13.2 Å². The Balaban J connectivity index is 1.71. The van der Waals surface area contributed by atoms with Crippen LogP contribution < -0.4 is 0 Å². The topological polar surface area (TPSA) is 63.8 Å². The van der Waals surface area contributed by atoms with E-state index in [2.05, 4.69) is 15.2 Å². The number of hydrogen-bond donors (Lipinski definition) is 1. The van der Waals surface area contributed by atoms with Gasteiger partial charge in [-0.3, -0.25) is 4.98 Å². The van der Waals surface area contributed by atoms with Crippen molar-refractivity contribution in [2.75, 3.05) is 0 Å². The summed E-state index contributed by atoms with van der Waals surface area (Å²) in [5, 5.41) is 18.8. The first kappa shape index (κ1) is 18.1. The summed E-state index contributed by atoms with van der Waals surface area (Å²) in [6.07, 6.45) is -3.03. The number of phenolic OH excluding ortho intramolecular Hbond substituents is 1. The van der Waals surface area contributed by atoms with Crippen LogP contribution in [0.15, 0.2) is 30.5 Å². The fraction of sp³-hybridized carbons (Fsp3) is 0.235. The van der Waals surface area contributed by atoms with E-state index in [0.717, 1.165) is 12.3 Å². The second-order valence-electron chi connectivity index (χ2n) is 6.17. The fourth-order valence-electron chi connectivity index (χ4n) is 3.26. The molecule has 0 fully saturated rings. The van der Waals surface area contributed by atoms with Gasteiger partial charge in [-0.25, -0.2) is 0 Å². The third-order valence-electron chi connectivity index (χ3n) is 4.49. The Morgan fingerprint density at radius 3 is 2.67 bits per heavy atom. The molecule has 1 N–H and O–H groups in total. The predicted octanol–water partition coefficient (Wildman–Crippen LogP) is 4.71. The molecule has 0 aliphatic carbocycles. The molecule has 0 amide bonds. The summed E-state index contributed by atoms with van der Waals surface area (Å²) in [5.41, 5.74) is -0.244. The average Bonchev–Trinajstić information content (AvgIpc) is 3.18. The Morgan fingerprint density at radius 1 is 1.15 bits per heavy atom. The van der Waals surface area contributed by atoms with Crippen LogP contribution >= 0.6 is 23.2 Å². The molecular formula is C17H11Cl2F3N4O. The summed E-state index contributed by atoms with van der Waals surface area (Å²) in [7, 11) is 0. The van der Waals surface area contributed by atoms with Gasteiger partial charge in [0.2, 0.25) is 0 Å². The van der Waals surface area contributed by atoms with Gasteiger partial charge >= 0.3 is 6.18 Å². The molecule has 0 spiro atoms. The van der Waals surface area contributed by atoms with Gasteiger partial charge in [-0.1, -0.05) is 23.2 Å². The van der Waals surface area contributed by atoms with Crippen LogP contribution in [-0.2, 0) is 19.1 Å².